The molecule has 2 rings (SSSR count). The van der Waals surface area contributed by atoms with E-state index in [1.165, 1.54) is 4.68 Å². The Bertz CT molecular complexity index is 538. The van der Waals surface area contributed by atoms with Crippen LogP contribution in [0, 0.1) is 6.85 Å². The molecule has 2 heterocycles. The molecule has 0 amide bonds. The summed E-state index contributed by atoms with van der Waals surface area (Å²) in [7, 11) is -0.786. The van der Waals surface area contributed by atoms with Crippen LogP contribution in [0.15, 0.2) is 6.04 Å². The van der Waals surface area contributed by atoms with Gasteiger partial charge in [-0.1, -0.05) is 0 Å². The van der Waals surface area contributed by atoms with Crippen molar-refractivity contribution in [3.63, 3.8) is 0 Å². The highest BCUT2D eigenvalue weighted by atomic mass is 16.7. The third-order valence-electron chi connectivity index (χ3n) is 3.52. The number of aromatic nitrogens is 2. The second kappa shape index (κ2) is 3.85. The van der Waals surface area contributed by atoms with E-state index in [1.54, 1.807) is 0 Å². The molecule has 4 nitrogen and oxygen atoms in total. The summed E-state index contributed by atoms with van der Waals surface area (Å²) in [6.45, 7) is 7.51. The van der Waals surface area contributed by atoms with Crippen molar-refractivity contribution in [2.24, 2.45) is 0 Å². The smallest absolute Gasteiger partial charge is 0.398 e. The third kappa shape index (κ3) is 2.02. The molecule has 0 spiro atoms. The van der Waals surface area contributed by atoms with Gasteiger partial charge in [-0.05, 0) is 47.5 Å². The lowest BCUT2D eigenvalue weighted by Gasteiger charge is -2.32. The largest absolute Gasteiger partial charge is 0.514 e. The van der Waals surface area contributed by atoms with Gasteiger partial charge in [0, 0.05) is 10.7 Å². The van der Waals surface area contributed by atoms with Crippen molar-refractivity contribution in [2.75, 3.05) is 0 Å². The Morgan fingerprint density at radius 3 is 2.47 bits per heavy atom. The van der Waals surface area contributed by atoms with Crippen molar-refractivity contribution >= 4 is 12.7 Å². The molecule has 0 aliphatic carbocycles. The van der Waals surface area contributed by atoms with Gasteiger partial charge in [0.15, 0.2) is 0 Å². The molecule has 5 heteroatoms. The normalized spacial score (nSPS) is 26.3. The van der Waals surface area contributed by atoms with Crippen LogP contribution in [-0.2, 0) is 15.9 Å². The van der Waals surface area contributed by atoms with Gasteiger partial charge in [0.05, 0.1) is 23.9 Å². The molecule has 1 saturated heterocycles. The minimum absolute atomic E-state index is 0.129. The summed E-state index contributed by atoms with van der Waals surface area (Å²) in [6.07, 6.45) is 0. The monoisotopic (exact) mass is 240 g/mol. The number of hydrogen-bond donors (Lipinski definition) is 0. The van der Waals surface area contributed by atoms with E-state index in [2.05, 4.69) is 5.10 Å². The molecule has 0 N–H and O–H groups in total. The van der Waals surface area contributed by atoms with Gasteiger partial charge >= 0.3 is 7.12 Å². The first kappa shape index (κ1) is 8.32. The number of hydrogen-bond acceptors (Lipinski definition) is 3. The summed E-state index contributed by atoms with van der Waals surface area (Å²) in [5.41, 5.74) is -0.948. The van der Waals surface area contributed by atoms with Crippen LogP contribution < -0.4 is 5.59 Å². The van der Waals surface area contributed by atoms with E-state index in [4.69, 9.17) is 14.8 Å². The highest BCUT2D eigenvalue weighted by Crippen LogP contribution is 2.36. The second-order valence-electron chi connectivity index (χ2n) is 5.26. The SMILES string of the molecule is [2H]c1c(C([2H])([2H])[2H])nn(CC)c1B1OC(C)(C)C(C)(C)O1. The van der Waals surface area contributed by atoms with Crippen LogP contribution in [0.1, 0.15) is 45.8 Å². The lowest BCUT2D eigenvalue weighted by Crippen LogP contribution is -2.41. The summed E-state index contributed by atoms with van der Waals surface area (Å²) in [4.78, 5) is 0. The van der Waals surface area contributed by atoms with E-state index in [9.17, 15) is 0 Å². The third-order valence-corrected chi connectivity index (χ3v) is 3.52. The predicted molar refractivity (Wildman–Crippen MR) is 68.4 cm³/mol. The fourth-order valence-electron chi connectivity index (χ4n) is 1.76. The molecule has 0 aromatic carbocycles. The van der Waals surface area contributed by atoms with Crippen molar-refractivity contribution < 1.29 is 14.8 Å². The first-order chi connectivity index (χ1) is 9.40. The van der Waals surface area contributed by atoms with Gasteiger partial charge in [-0.25, -0.2) is 0 Å². The molecule has 0 bridgehead atoms. The quantitative estimate of drug-likeness (QED) is 0.735. The maximum absolute atomic E-state index is 8.15. The van der Waals surface area contributed by atoms with E-state index in [0.717, 1.165) is 0 Å². The van der Waals surface area contributed by atoms with Crippen molar-refractivity contribution in [1.82, 2.24) is 9.78 Å². The Balaban J connectivity index is 2.49. The first-order valence-electron chi connectivity index (χ1n) is 7.84. The lowest BCUT2D eigenvalue weighted by molar-refractivity contribution is 0.00578. The standard InChI is InChI=1S/C12H21BN2O2/c1-7-15-10(8-9(2)14-15)13-16-11(3,4)12(5,6)17-13/h8H,7H2,1-6H3/i2D3,8D. The molecule has 1 aromatic rings. The Morgan fingerprint density at radius 2 is 2.00 bits per heavy atom. The molecule has 1 fully saturated rings. The number of aryl methyl sites for hydroxylation is 2. The molecular weight excluding hydrogens is 215 g/mol. The fraction of sp³-hybridized carbons (Fsp3) is 0.750. The summed E-state index contributed by atoms with van der Waals surface area (Å²) >= 11 is 0. The van der Waals surface area contributed by atoms with E-state index in [-0.39, 0.29) is 11.7 Å². The van der Waals surface area contributed by atoms with Crippen molar-refractivity contribution in [3.8, 4) is 0 Å². The van der Waals surface area contributed by atoms with Crippen molar-refractivity contribution in [3.05, 3.63) is 11.7 Å². The maximum Gasteiger partial charge on any atom is 0.514 e. The zero-order valence-corrected chi connectivity index (χ0v) is 11.0. The minimum atomic E-state index is -2.42. The van der Waals surface area contributed by atoms with Gasteiger partial charge in [-0.15, -0.1) is 0 Å². The Morgan fingerprint density at radius 1 is 1.41 bits per heavy atom. The van der Waals surface area contributed by atoms with Crippen LogP contribution in [0.5, 0.6) is 0 Å². The van der Waals surface area contributed by atoms with Gasteiger partial charge in [0.25, 0.3) is 0 Å². The topological polar surface area (TPSA) is 36.3 Å². The van der Waals surface area contributed by atoms with Gasteiger partial charge in [0.2, 0.25) is 0 Å². The number of rotatable bonds is 2. The molecule has 0 unspecified atom stereocenters. The minimum Gasteiger partial charge on any atom is -0.398 e. The van der Waals surface area contributed by atoms with Gasteiger partial charge in [0.1, 0.15) is 0 Å². The van der Waals surface area contributed by atoms with E-state index in [1.807, 2.05) is 34.6 Å². The summed E-state index contributed by atoms with van der Waals surface area (Å²) < 4.78 is 43.9. The zero-order valence-electron chi connectivity index (χ0n) is 15.0. The maximum atomic E-state index is 8.15. The predicted octanol–water partition coefficient (Wildman–Crippen LogP) is 1.51. The molecular formula is C12H21BN2O2. The second-order valence-corrected chi connectivity index (χ2v) is 5.26. The molecule has 0 saturated carbocycles. The highest BCUT2D eigenvalue weighted by Gasteiger charge is 2.52. The highest BCUT2D eigenvalue weighted by molar-refractivity contribution is 6.61. The summed E-state index contributed by atoms with van der Waals surface area (Å²) in [5.74, 6) is 0. The summed E-state index contributed by atoms with van der Waals surface area (Å²) in [5, 5.41) is 4.05. The molecule has 94 valence electrons. The molecule has 1 aliphatic rings. The van der Waals surface area contributed by atoms with Gasteiger partial charge in [-0.2, -0.15) is 5.10 Å². The first-order valence-corrected chi connectivity index (χ1v) is 5.84. The van der Waals surface area contributed by atoms with E-state index < -0.39 is 25.2 Å². The van der Waals surface area contributed by atoms with Crippen LogP contribution in [0.3, 0.4) is 0 Å². The van der Waals surface area contributed by atoms with Gasteiger partial charge in [-0.3, -0.25) is 4.68 Å². The Kier molecular flexibility index (Phi) is 1.89. The average molecular weight is 240 g/mol. The van der Waals surface area contributed by atoms with Crippen LogP contribution >= 0.6 is 0 Å². The van der Waals surface area contributed by atoms with Crippen molar-refractivity contribution in [1.29, 1.82) is 0 Å². The Labute approximate surface area is 109 Å². The lowest BCUT2D eigenvalue weighted by atomic mass is 9.84. The fourth-order valence-corrected chi connectivity index (χ4v) is 1.76. The van der Waals surface area contributed by atoms with Crippen LogP contribution in [0.2, 0.25) is 0 Å². The van der Waals surface area contributed by atoms with Gasteiger partial charge < -0.3 is 9.31 Å². The molecule has 1 aromatic heterocycles. The molecule has 0 radical (unpaired) electrons. The van der Waals surface area contributed by atoms with Crippen LogP contribution in [-0.4, -0.2) is 28.1 Å². The number of nitrogens with zero attached hydrogens (tertiary/aromatic N) is 2. The van der Waals surface area contributed by atoms with E-state index in [0.29, 0.717) is 12.1 Å². The average Bonchev–Trinajstić information content (AvgIpc) is 2.73. The van der Waals surface area contributed by atoms with Crippen molar-refractivity contribution in [2.45, 2.75) is 59.2 Å². The molecule has 1 aliphatic heterocycles. The van der Waals surface area contributed by atoms with Crippen LogP contribution in [0.4, 0.5) is 0 Å². The summed E-state index contributed by atoms with van der Waals surface area (Å²) in [6, 6.07) is -0.129. The Hall–Kier alpha value is -0.805. The van der Waals surface area contributed by atoms with E-state index >= 15 is 0 Å². The molecule has 0 atom stereocenters. The zero-order chi connectivity index (χ0) is 16.2. The van der Waals surface area contributed by atoms with Crippen LogP contribution in [0.25, 0.3) is 0 Å². The molecule has 17 heavy (non-hydrogen) atoms.